The number of hydrogen-bond donors (Lipinski definition) is 1. The van der Waals surface area contributed by atoms with E-state index in [0.29, 0.717) is 12.0 Å². The van der Waals surface area contributed by atoms with Crippen LogP contribution in [0.2, 0.25) is 0 Å². The maximum absolute atomic E-state index is 9.20. The zero-order valence-electron chi connectivity index (χ0n) is 8.83. The second-order valence-corrected chi connectivity index (χ2v) is 4.25. The zero-order valence-corrected chi connectivity index (χ0v) is 8.83. The van der Waals surface area contributed by atoms with Gasteiger partial charge in [-0.1, -0.05) is 12.8 Å². The largest absolute Gasteiger partial charge is 0.393 e. The lowest BCUT2D eigenvalue weighted by molar-refractivity contribution is 0.0150. The Morgan fingerprint density at radius 3 is 2.69 bits per heavy atom. The van der Waals surface area contributed by atoms with Crippen LogP contribution in [0.4, 0.5) is 0 Å². The van der Waals surface area contributed by atoms with Crippen molar-refractivity contribution < 1.29 is 9.84 Å². The molecule has 3 atom stereocenters. The molecular formula is C11H22O2. The summed E-state index contributed by atoms with van der Waals surface area (Å²) >= 11 is 0. The first-order valence-corrected chi connectivity index (χ1v) is 5.45. The molecule has 13 heavy (non-hydrogen) atoms. The Labute approximate surface area is 81.3 Å². The molecule has 1 saturated carbocycles. The van der Waals surface area contributed by atoms with E-state index >= 15 is 0 Å². The molecule has 0 spiro atoms. The second-order valence-electron chi connectivity index (χ2n) is 4.25. The van der Waals surface area contributed by atoms with Crippen molar-refractivity contribution in [3.8, 4) is 0 Å². The molecule has 1 rings (SSSR count). The van der Waals surface area contributed by atoms with Gasteiger partial charge in [0.1, 0.15) is 0 Å². The average Bonchev–Trinajstić information content (AvgIpc) is 2.15. The third-order valence-electron chi connectivity index (χ3n) is 3.10. The molecule has 0 aromatic carbocycles. The molecule has 1 N–H and O–H groups in total. The predicted molar refractivity (Wildman–Crippen MR) is 53.7 cm³/mol. The van der Waals surface area contributed by atoms with Gasteiger partial charge >= 0.3 is 0 Å². The van der Waals surface area contributed by atoms with Crippen LogP contribution in [0.5, 0.6) is 0 Å². The van der Waals surface area contributed by atoms with Gasteiger partial charge in [0.25, 0.3) is 0 Å². The summed E-state index contributed by atoms with van der Waals surface area (Å²) in [6.45, 7) is 1.87. The highest BCUT2D eigenvalue weighted by Crippen LogP contribution is 2.30. The first-order valence-electron chi connectivity index (χ1n) is 5.45. The van der Waals surface area contributed by atoms with Gasteiger partial charge in [0.05, 0.1) is 12.2 Å². The maximum Gasteiger partial charge on any atom is 0.0599 e. The van der Waals surface area contributed by atoms with Crippen LogP contribution in [-0.4, -0.2) is 24.4 Å². The molecule has 2 nitrogen and oxygen atoms in total. The van der Waals surface area contributed by atoms with E-state index in [1.807, 2.05) is 14.0 Å². The molecule has 0 aromatic rings. The van der Waals surface area contributed by atoms with E-state index in [1.165, 1.54) is 25.7 Å². The lowest BCUT2D eigenvalue weighted by atomic mass is 9.83. The van der Waals surface area contributed by atoms with Crippen molar-refractivity contribution in [2.45, 2.75) is 57.7 Å². The number of rotatable bonds is 4. The molecule has 0 heterocycles. The fourth-order valence-electron chi connectivity index (χ4n) is 2.27. The number of aliphatic hydroxyl groups excluding tert-OH is 1. The van der Waals surface area contributed by atoms with E-state index < -0.39 is 0 Å². The van der Waals surface area contributed by atoms with Gasteiger partial charge in [-0.05, 0) is 38.5 Å². The van der Waals surface area contributed by atoms with E-state index in [1.54, 1.807) is 0 Å². The minimum atomic E-state index is -0.153. The number of ether oxygens (including phenoxy) is 1. The van der Waals surface area contributed by atoms with Crippen molar-refractivity contribution in [2.75, 3.05) is 7.11 Å². The van der Waals surface area contributed by atoms with E-state index in [-0.39, 0.29) is 6.10 Å². The Kier molecular flexibility index (Phi) is 4.74. The van der Waals surface area contributed by atoms with Gasteiger partial charge in [0.15, 0.2) is 0 Å². The molecule has 1 fully saturated rings. The molecular weight excluding hydrogens is 164 g/mol. The highest BCUT2D eigenvalue weighted by Gasteiger charge is 2.24. The van der Waals surface area contributed by atoms with Crippen LogP contribution >= 0.6 is 0 Å². The summed E-state index contributed by atoms with van der Waals surface area (Å²) in [4.78, 5) is 0. The van der Waals surface area contributed by atoms with Crippen molar-refractivity contribution in [2.24, 2.45) is 5.92 Å². The van der Waals surface area contributed by atoms with Crippen LogP contribution in [0.15, 0.2) is 0 Å². The maximum atomic E-state index is 9.20. The Morgan fingerprint density at radius 2 is 2.08 bits per heavy atom. The first-order chi connectivity index (χ1) is 6.24. The number of hydrogen-bond acceptors (Lipinski definition) is 2. The van der Waals surface area contributed by atoms with Gasteiger partial charge < -0.3 is 9.84 Å². The molecule has 1 aliphatic rings. The molecule has 0 radical (unpaired) electrons. The lowest BCUT2D eigenvalue weighted by Gasteiger charge is -2.30. The Morgan fingerprint density at radius 1 is 1.38 bits per heavy atom. The normalized spacial score (nSPS) is 31.6. The van der Waals surface area contributed by atoms with Gasteiger partial charge in [-0.15, -0.1) is 0 Å². The van der Waals surface area contributed by atoms with Crippen LogP contribution in [0.1, 0.15) is 45.4 Å². The highest BCUT2D eigenvalue weighted by molar-refractivity contribution is 4.76. The Hall–Kier alpha value is -0.0800. The van der Waals surface area contributed by atoms with Crippen LogP contribution in [-0.2, 0) is 4.74 Å². The van der Waals surface area contributed by atoms with Crippen molar-refractivity contribution >= 4 is 0 Å². The van der Waals surface area contributed by atoms with Gasteiger partial charge in [-0.25, -0.2) is 0 Å². The topological polar surface area (TPSA) is 29.5 Å². The Balaban J connectivity index is 2.27. The average molecular weight is 186 g/mol. The van der Waals surface area contributed by atoms with E-state index in [4.69, 9.17) is 4.74 Å². The molecule has 0 bridgehead atoms. The highest BCUT2D eigenvalue weighted by atomic mass is 16.5. The summed E-state index contributed by atoms with van der Waals surface area (Å²) in [6, 6.07) is 0. The summed E-state index contributed by atoms with van der Waals surface area (Å²) in [6.07, 6.45) is 7.48. The summed E-state index contributed by atoms with van der Waals surface area (Å²) in [5.74, 6) is 0.688. The fraction of sp³-hybridized carbons (Fsp3) is 1.00. The van der Waals surface area contributed by atoms with E-state index in [0.717, 1.165) is 12.8 Å². The molecule has 78 valence electrons. The monoisotopic (exact) mass is 186 g/mol. The summed E-state index contributed by atoms with van der Waals surface area (Å²) in [5, 5.41) is 9.20. The third kappa shape index (κ3) is 3.65. The Bertz CT molecular complexity index is 134. The van der Waals surface area contributed by atoms with Crippen LogP contribution in [0, 0.1) is 5.92 Å². The van der Waals surface area contributed by atoms with Gasteiger partial charge in [-0.2, -0.15) is 0 Å². The molecule has 2 heteroatoms. The van der Waals surface area contributed by atoms with Crippen LogP contribution in [0.3, 0.4) is 0 Å². The van der Waals surface area contributed by atoms with Gasteiger partial charge in [0.2, 0.25) is 0 Å². The molecule has 0 amide bonds. The van der Waals surface area contributed by atoms with Crippen molar-refractivity contribution in [3.63, 3.8) is 0 Å². The molecule has 0 aromatic heterocycles. The first kappa shape index (κ1) is 11.0. The fourth-order valence-corrected chi connectivity index (χ4v) is 2.27. The standard InChI is InChI=1S/C11H22O2/c1-9(12)7-8-10-5-3-4-6-11(10)13-2/h9-12H,3-8H2,1-2H3. The predicted octanol–water partition coefficient (Wildman–Crippen LogP) is 2.35. The lowest BCUT2D eigenvalue weighted by Crippen LogP contribution is -2.27. The smallest absolute Gasteiger partial charge is 0.0599 e. The van der Waals surface area contributed by atoms with Gasteiger partial charge in [0, 0.05) is 7.11 Å². The minimum absolute atomic E-state index is 0.153. The van der Waals surface area contributed by atoms with Crippen molar-refractivity contribution in [1.29, 1.82) is 0 Å². The zero-order chi connectivity index (χ0) is 9.68. The minimum Gasteiger partial charge on any atom is -0.393 e. The summed E-state index contributed by atoms with van der Waals surface area (Å²) in [7, 11) is 1.81. The van der Waals surface area contributed by atoms with E-state index in [9.17, 15) is 5.11 Å². The third-order valence-corrected chi connectivity index (χ3v) is 3.10. The van der Waals surface area contributed by atoms with Crippen molar-refractivity contribution in [3.05, 3.63) is 0 Å². The van der Waals surface area contributed by atoms with Crippen LogP contribution in [0.25, 0.3) is 0 Å². The quantitative estimate of drug-likeness (QED) is 0.730. The summed E-state index contributed by atoms with van der Waals surface area (Å²) in [5.41, 5.74) is 0. The molecule has 0 aliphatic heterocycles. The molecule has 1 aliphatic carbocycles. The second kappa shape index (κ2) is 5.61. The summed E-state index contributed by atoms with van der Waals surface area (Å²) < 4.78 is 5.45. The van der Waals surface area contributed by atoms with Crippen LogP contribution < -0.4 is 0 Å². The van der Waals surface area contributed by atoms with Crippen molar-refractivity contribution in [1.82, 2.24) is 0 Å². The number of aliphatic hydroxyl groups is 1. The SMILES string of the molecule is COC1CCCCC1CCC(C)O. The molecule has 3 unspecified atom stereocenters. The van der Waals surface area contributed by atoms with E-state index in [2.05, 4.69) is 0 Å². The van der Waals surface area contributed by atoms with Gasteiger partial charge in [-0.3, -0.25) is 0 Å². The molecule has 0 saturated heterocycles. The number of methoxy groups -OCH3 is 1.